The summed E-state index contributed by atoms with van der Waals surface area (Å²) in [5.74, 6) is 2.73. The Hall–Kier alpha value is -1.71. The molecule has 3 aliphatic carbocycles. The summed E-state index contributed by atoms with van der Waals surface area (Å²) in [6, 6.07) is 0.454. The van der Waals surface area contributed by atoms with Gasteiger partial charge in [-0.15, -0.1) is 0 Å². The van der Waals surface area contributed by atoms with Crippen molar-refractivity contribution < 1.29 is 4.79 Å². The molecule has 0 bridgehead atoms. The van der Waals surface area contributed by atoms with Gasteiger partial charge in [0.05, 0.1) is 11.9 Å². The molecule has 3 saturated carbocycles. The van der Waals surface area contributed by atoms with Crippen molar-refractivity contribution in [3.63, 3.8) is 0 Å². The number of likely N-dealkylation sites (tertiary alicyclic amines) is 1. The Labute approximate surface area is 168 Å². The molecular weight excluding hydrogens is 346 g/mol. The molecule has 4 nitrogen and oxygen atoms in total. The molecule has 4 aliphatic rings. The van der Waals surface area contributed by atoms with Gasteiger partial charge >= 0.3 is 0 Å². The van der Waals surface area contributed by atoms with Crippen LogP contribution in [0.5, 0.6) is 0 Å². The van der Waals surface area contributed by atoms with Crippen molar-refractivity contribution in [2.45, 2.75) is 71.3 Å². The van der Waals surface area contributed by atoms with E-state index in [0.717, 1.165) is 36.3 Å². The van der Waals surface area contributed by atoms with Gasteiger partial charge < -0.3 is 4.90 Å². The second kappa shape index (κ2) is 6.40. The first-order valence-electron chi connectivity index (χ1n) is 11.2. The second-order valence-corrected chi connectivity index (χ2v) is 10.3. The Kier molecular flexibility index (Phi) is 4.19. The lowest BCUT2D eigenvalue weighted by molar-refractivity contribution is -0.156. The molecule has 1 amide bonds. The van der Waals surface area contributed by atoms with E-state index in [0.29, 0.717) is 22.8 Å². The number of hydrogen-bond acceptors (Lipinski definition) is 3. The van der Waals surface area contributed by atoms with Gasteiger partial charge in [-0.3, -0.25) is 14.8 Å². The first-order chi connectivity index (χ1) is 13.4. The summed E-state index contributed by atoms with van der Waals surface area (Å²) in [4.78, 5) is 23.2. The Morgan fingerprint density at radius 2 is 1.93 bits per heavy atom. The zero-order chi connectivity index (χ0) is 19.5. The van der Waals surface area contributed by atoms with Crippen LogP contribution in [0.1, 0.15) is 70.9 Å². The van der Waals surface area contributed by atoms with E-state index < -0.39 is 0 Å². The normalized spacial score (nSPS) is 44.2. The summed E-state index contributed by atoms with van der Waals surface area (Å²) in [5, 5.41) is 0. The zero-order valence-electron chi connectivity index (χ0n) is 17.5. The maximum Gasteiger partial charge on any atom is 0.222 e. The first-order valence-corrected chi connectivity index (χ1v) is 11.2. The number of nitrogens with zero attached hydrogens (tertiary/aromatic N) is 3. The number of carbonyl (C=O) groups is 1. The molecule has 5 rings (SSSR count). The Morgan fingerprint density at radius 3 is 2.71 bits per heavy atom. The maximum atomic E-state index is 12.3. The molecular formula is C24H33N3O. The summed E-state index contributed by atoms with van der Waals surface area (Å²) in [6.07, 6.45) is 17.2. The summed E-state index contributed by atoms with van der Waals surface area (Å²) in [7, 11) is 2.05. The maximum absolute atomic E-state index is 12.3. The number of allylic oxidation sites excluding steroid dienone is 1. The molecule has 4 fully saturated rings. The number of amides is 1. The fourth-order valence-electron chi connectivity index (χ4n) is 7.80. The van der Waals surface area contributed by atoms with Crippen LogP contribution in [0.15, 0.2) is 24.2 Å². The smallest absolute Gasteiger partial charge is 0.222 e. The first kappa shape index (κ1) is 18.3. The fourth-order valence-corrected chi connectivity index (χ4v) is 7.80. The average Bonchev–Trinajstić information content (AvgIpc) is 3.02. The van der Waals surface area contributed by atoms with Crippen molar-refractivity contribution in [3.8, 4) is 0 Å². The lowest BCUT2D eigenvalue weighted by atomic mass is 9.47. The summed E-state index contributed by atoms with van der Waals surface area (Å²) < 4.78 is 0. The van der Waals surface area contributed by atoms with Crippen LogP contribution in [-0.4, -0.2) is 33.9 Å². The van der Waals surface area contributed by atoms with Gasteiger partial charge in [0, 0.05) is 31.9 Å². The van der Waals surface area contributed by atoms with Crippen molar-refractivity contribution >= 4 is 12.0 Å². The number of fused-ring (bicyclic) bond motifs is 5. The van der Waals surface area contributed by atoms with Crippen LogP contribution in [-0.2, 0) is 4.79 Å². The lowest BCUT2D eigenvalue weighted by Gasteiger charge is -2.61. The molecule has 0 unspecified atom stereocenters. The molecule has 150 valence electrons. The van der Waals surface area contributed by atoms with Crippen LogP contribution in [0.4, 0.5) is 0 Å². The molecule has 2 heterocycles. The summed E-state index contributed by atoms with van der Waals surface area (Å²) in [5.41, 5.74) is 3.23. The van der Waals surface area contributed by atoms with Crippen molar-refractivity contribution in [2.75, 3.05) is 7.05 Å². The highest BCUT2D eigenvalue weighted by Crippen LogP contribution is 2.66. The molecule has 28 heavy (non-hydrogen) atoms. The van der Waals surface area contributed by atoms with Crippen molar-refractivity contribution in [1.29, 1.82) is 0 Å². The average molecular weight is 380 g/mol. The predicted molar refractivity (Wildman–Crippen MR) is 110 cm³/mol. The van der Waals surface area contributed by atoms with Gasteiger partial charge in [-0.2, -0.15) is 0 Å². The standard InChI is InChI=1S/C24H33N3O/c1-23-10-8-20-18(5-7-21-24(20,2)11-9-22(28)27(21)3)19(23)6-4-16(23)14-17-15-25-12-13-26-17/h12-15,18-21H,4-11H2,1-3H3/t18-,19-,20-,21+,23+,24+/m0/s1. The largest absolute Gasteiger partial charge is 0.342 e. The van der Waals surface area contributed by atoms with E-state index in [4.69, 9.17) is 0 Å². The minimum atomic E-state index is 0.310. The number of hydrogen-bond donors (Lipinski definition) is 0. The van der Waals surface area contributed by atoms with E-state index in [-0.39, 0.29) is 0 Å². The van der Waals surface area contributed by atoms with Gasteiger partial charge in [0.25, 0.3) is 0 Å². The van der Waals surface area contributed by atoms with Gasteiger partial charge in [0.1, 0.15) is 0 Å². The molecule has 1 aromatic rings. The topological polar surface area (TPSA) is 46.1 Å². The van der Waals surface area contributed by atoms with Gasteiger partial charge in [-0.1, -0.05) is 19.4 Å². The number of aromatic nitrogens is 2. The third kappa shape index (κ3) is 2.52. The number of rotatable bonds is 1. The quantitative estimate of drug-likeness (QED) is 0.709. The minimum Gasteiger partial charge on any atom is -0.342 e. The predicted octanol–water partition coefficient (Wildman–Crippen LogP) is 4.72. The highest BCUT2D eigenvalue weighted by molar-refractivity contribution is 5.77. The van der Waals surface area contributed by atoms with Crippen molar-refractivity contribution in [1.82, 2.24) is 14.9 Å². The Bertz CT molecular complexity index is 805. The molecule has 1 saturated heterocycles. The van der Waals surface area contributed by atoms with Crippen LogP contribution < -0.4 is 0 Å². The van der Waals surface area contributed by atoms with E-state index in [1.807, 2.05) is 6.20 Å². The Balaban J connectivity index is 1.44. The molecule has 0 aromatic carbocycles. The van der Waals surface area contributed by atoms with Gasteiger partial charge in [-0.05, 0) is 79.6 Å². The lowest BCUT2D eigenvalue weighted by Crippen LogP contribution is -2.61. The highest BCUT2D eigenvalue weighted by atomic mass is 16.2. The van der Waals surface area contributed by atoms with Crippen LogP contribution in [0, 0.1) is 28.6 Å². The summed E-state index contributed by atoms with van der Waals surface area (Å²) >= 11 is 0. The molecule has 0 N–H and O–H groups in total. The van der Waals surface area contributed by atoms with Gasteiger partial charge in [-0.25, -0.2) is 0 Å². The number of carbonyl (C=O) groups excluding carboxylic acids is 1. The fraction of sp³-hybridized carbons (Fsp3) is 0.708. The van der Waals surface area contributed by atoms with E-state index in [9.17, 15) is 4.79 Å². The second-order valence-electron chi connectivity index (χ2n) is 10.3. The van der Waals surface area contributed by atoms with Crippen LogP contribution >= 0.6 is 0 Å². The highest BCUT2D eigenvalue weighted by Gasteiger charge is 2.60. The molecule has 0 radical (unpaired) electrons. The summed E-state index contributed by atoms with van der Waals surface area (Å²) in [6.45, 7) is 5.03. The Morgan fingerprint density at radius 1 is 1.07 bits per heavy atom. The molecule has 4 heteroatoms. The minimum absolute atomic E-state index is 0.310. The van der Waals surface area contributed by atoms with E-state index in [1.165, 1.54) is 38.5 Å². The van der Waals surface area contributed by atoms with Crippen LogP contribution in [0.25, 0.3) is 6.08 Å². The van der Waals surface area contributed by atoms with E-state index >= 15 is 0 Å². The molecule has 6 atom stereocenters. The van der Waals surface area contributed by atoms with Crippen molar-refractivity contribution in [2.24, 2.45) is 28.6 Å². The number of piperidine rings is 1. The van der Waals surface area contributed by atoms with Gasteiger partial charge in [0.2, 0.25) is 5.91 Å². The third-order valence-corrected chi connectivity index (χ3v) is 9.31. The molecule has 1 aliphatic heterocycles. The van der Waals surface area contributed by atoms with E-state index in [1.54, 1.807) is 18.0 Å². The monoisotopic (exact) mass is 379 g/mol. The van der Waals surface area contributed by atoms with E-state index in [2.05, 4.69) is 41.8 Å². The SMILES string of the molecule is CN1C(=O)CC[C@]2(C)[C@H]3CC[C@]4(C)C(=Cc5cnccn5)CC[C@H]4[C@@H]3CC[C@@H]12. The van der Waals surface area contributed by atoms with Crippen molar-refractivity contribution in [3.05, 3.63) is 29.9 Å². The van der Waals surface area contributed by atoms with Crippen LogP contribution in [0.2, 0.25) is 0 Å². The molecule has 0 spiro atoms. The zero-order valence-corrected chi connectivity index (χ0v) is 17.5. The molecule has 1 aromatic heterocycles. The third-order valence-electron chi connectivity index (χ3n) is 9.31. The van der Waals surface area contributed by atoms with Crippen LogP contribution in [0.3, 0.4) is 0 Å². The van der Waals surface area contributed by atoms with Gasteiger partial charge in [0.15, 0.2) is 0 Å².